The van der Waals surface area contributed by atoms with E-state index < -0.39 is 4.92 Å². The van der Waals surface area contributed by atoms with Crippen LogP contribution in [0.15, 0.2) is 36.4 Å². The second-order valence-corrected chi connectivity index (χ2v) is 4.59. The molecule has 0 bridgehead atoms. The average molecular weight is 273 g/mol. The third-order valence-corrected chi connectivity index (χ3v) is 2.92. The van der Waals surface area contributed by atoms with Gasteiger partial charge in [0.2, 0.25) is 5.75 Å². The standard InChI is InChI=1S/C15H15NO4/c1-10-7-11(2)15(14(8-10)16(18)19)20-13-5-3-12(9-17)4-6-13/h3-8,17H,9H2,1-2H3. The molecule has 0 aliphatic rings. The number of nitro groups is 1. The molecular formula is C15H15NO4. The molecule has 1 N–H and O–H groups in total. The van der Waals surface area contributed by atoms with E-state index in [1.54, 1.807) is 38.1 Å². The molecule has 104 valence electrons. The summed E-state index contributed by atoms with van der Waals surface area (Å²) >= 11 is 0. The number of aryl methyl sites for hydroxylation is 2. The number of ether oxygens (including phenoxy) is 1. The van der Waals surface area contributed by atoms with Gasteiger partial charge in [-0.3, -0.25) is 10.1 Å². The maximum atomic E-state index is 11.1. The van der Waals surface area contributed by atoms with Crippen LogP contribution in [0, 0.1) is 24.0 Å². The summed E-state index contributed by atoms with van der Waals surface area (Å²) in [6.45, 7) is 3.53. The SMILES string of the molecule is Cc1cc(C)c(Oc2ccc(CO)cc2)c([N+](=O)[O-])c1. The molecule has 0 amide bonds. The van der Waals surface area contributed by atoms with Crippen molar-refractivity contribution in [3.8, 4) is 11.5 Å². The molecule has 2 rings (SSSR count). The number of nitrogens with zero attached hydrogens (tertiary/aromatic N) is 1. The molecule has 20 heavy (non-hydrogen) atoms. The van der Waals surface area contributed by atoms with Crippen molar-refractivity contribution in [3.63, 3.8) is 0 Å². The van der Waals surface area contributed by atoms with E-state index in [1.807, 2.05) is 6.07 Å². The summed E-state index contributed by atoms with van der Waals surface area (Å²) in [6, 6.07) is 10.1. The van der Waals surface area contributed by atoms with Gasteiger partial charge in [0.25, 0.3) is 0 Å². The molecule has 0 saturated heterocycles. The molecule has 0 aliphatic heterocycles. The van der Waals surface area contributed by atoms with Crippen molar-refractivity contribution in [3.05, 3.63) is 63.2 Å². The van der Waals surface area contributed by atoms with Crippen molar-refractivity contribution in [1.29, 1.82) is 0 Å². The topological polar surface area (TPSA) is 72.6 Å². The van der Waals surface area contributed by atoms with E-state index in [0.717, 1.165) is 11.1 Å². The fraction of sp³-hybridized carbons (Fsp3) is 0.200. The number of hydrogen-bond donors (Lipinski definition) is 1. The van der Waals surface area contributed by atoms with Crippen LogP contribution in [0.4, 0.5) is 5.69 Å². The molecule has 0 unspecified atom stereocenters. The Kier molecular flexibility index (Phi) is 4.00. The van der Waals surface area contributed by atoms with Crippen LogP contribution in [0.5, 0.6) is 11.5 Å². The van der Waals surface area contributed by atoms with Gasteiger partial charge in [-0.25, -0.2) is 0 Å². The molecule has 0 aromatic heterocycles. The summed E-state index contributed by atoms with van der Waals surface area (Å²) in [5, 5.41) is 20.1. The van der Waals surface area contributed by atoms with Crippen molar-refractivity contribution in [2.75, 3.05) is 0 Å². The zero-order valence-electron chi connectivity index (χ0n) is 11.3. The second-order valence-electron chi connectivity index (χ2n) is 4.59. The zero-order valence-corrected chi connectivity index (χ0v) is 11.3. The van der Waals surface area contributed by atoms with Crippen LogP contribution < -0.4 is 4.74 Å². The van der Waals surface area contributed by atoms with E-state index in [-0.39, 0.29) is 18.0 Å². The molecular weight excluding hydrogens is 258 g/mol. The monoisotopic (exact) mass is 273 g/mol. The lowest BCUT2D eigenvalue weighted by Gasteiger charge is -2.10. The molecule has 2 aromatic rings. The largest absolute Gasteiger partial charge is 0.450 e. The van der Waals surface area contributed by atoms with Crippen LogP contribution in [-0.2, 0) is 6.61 Å². The number of aliphatic hydroxyl groups is 1. The first-order chi connectivity index (χ1) is 9.51. The summed E-state index contributed by atoms with van der Waals surface area (Å²) in [5.41, 5.74) is 2.24. The van der Waals surface area contributed by atoms with E-state index in [2.05, 4.69) is 0 Å². The Hall–Kier alpha value is -2.40. The van der Waals surface area contributed by atoms with Gasteiger partial charge in [0.1, 0.15) is 5.75 Å². The predicted octanol–water partition coefficient (Wildman–Crippen LogP) is 3.50. The number of hydrogen-bond acceptors (Lipinski definition) is 4. The Morgan fingerprint density at radius 1 is 1.20 bits per heavy atom. The van der Waals surface area contributed by atoms with Gasteiger partial charge in [-0.05, 0) is 42.7 Å². The number of nitro benzene ring substituents is 1. The minimum atomic E-state index is -0.447. The lowest BCUT2D eigenvalue weighted by atomic mass is 10.1. The first-order valence-electron chi connectivity index (χ1n) is 6.14. The molecule has 0 aliphatic carbocycles. The summed E-state index contributed by atoms with van der Waals surface area (Å²) < 4.78 is 5.63. The van der Waals surface area contributed by atoms with E-state index in [1.165, 1.54) is 6.07 Å². The first kappa shape index (κ1) is 14.0. The summed E-state index contributed by atoms with van der Waals surface area (Å²) in [5.74, 6) is 0.745. The summed E-state index contributed by atoms with van der Waals surface area (Å²) in [7, 11) is 0. The van der Waals surface area contributed by atoms with Gasteiger partial charge >= 0.3 is 5.69 Å². The van der Waals surface area contributed by atoms with Crippen molar-refractivity contribution >= 4 is 5.69 Å². The molecule has 5 heteroatoms. The highest BCUT2D eigenvalue weighted by Gasteiger charge is 2.19. The number of benzene rings is 2. The van der Waals surface area contributed by atoms with Crippen LogP contribution in [0.1, 0.15) is 16.7 Å². The Morgan fingerprint density at radius 3 is 2.40 bits per heavy atom. The predicted molar refractivity (Wildman–Crippen MR) is 75.0 cm³/mol. The summed E-state index contributed by atoms with van der Waals surface area (Å²) in [6.07, 6.45) is 0. The number of rotatable bonds is 4. The Labute approximate surface area is 116 Å². The lowest BCUT2D eigenvalue weighted by molar-refractivity contribution is -0.385. The van der Waals surface area contributed by atoms with Crippen LogP contribution in [0.3, 0.4) is 0 Å². The Balaban J connectivity index is 2.39. The highest BCUT2D eigenvalue weighted by atomic mass is 16.6. The molecule has 0 heterocycles. The van der Waals surface area contributed by atoms with Crippen LogP contribution >= 0.6 is 0 Å². The van der Waals surface area contributed by atoms with Crippen molar-refractivity contribution in [2.24, 2.45) is 0 Å². The van der Waals surface area contributed by atoms with Gasteiger partial charge in [0, 0.05) is 6.07 Å². The quantitative estimate of drug-likeness (QED) is 0.683. The van der Waals surface area contributed by atoms with Gasteiger partial charge in [-0.2, -0.15) is 0 Å². The third kappa shape index (κ3) is 2.95. The molecule has 5 nitrogen and oxygen atoms in total. The van der Waals surface area contributed by atoms with Gasteiger partial charge in [0.15, 0.2) is 0 Å². The fourth-order valence-electron chi connectivity index (χ4n) is 1.98. The zero-order chi connectivity index (χ0) is 14.7. The molecule has 0 radical (unpaired) electrons. The number of aliphatic hydroxyl groups excluding tert-OH is 1. The maximum Gasteiger partial charge on any atom is 0.312 e. The van der Waals surface area contributed by atoms with E-state index in [9.17, 15) is 10.1 Å². The fourth-order valence-corrected chi connectivity index (χ4v) is 1.98. The highest BCUT2D eigenvalue weighted by Crippen LogP contribution is 2.35. The first-order valence-corrected chi connectivity index (χ1v) is 6.14. The molecule has 0 saturated carbocycles. The Bertz CT molecular complexity index is 635. The van der Waals surface area contributed by atoms with Gasteiger partial charge in [-0.1, -0.05) is 18.2 Å². The van der Waals surface area contributed by atoms with Crippen LogP contribution in [0.25, 0.3) is 0 Å². The smallest absolute Gasteiger partial charge is 0.312 e. The highest BCUT2D eigenvalue weighted by molar-refractivity contribution is 5.55. The molecule has 0 spiro atoms. The molecule has 0 fully saturated rings. The van der Waals surface area contributed by atoms with Gasteiger partial charge < -0.3 is 9.84 Å². The maximum absolute atomic E-state index is 11.1. The van der Waals surface area contributed by atoms with E-state index >= 15 is 0 Å². The molecule has 2 aromatic carbocycles. The van der Waals surface area contributed by atoms with Gasteiger partial charge in [-0.15, -0.1) is 0 Å². The van der Waals surface area contributed by atoms with Gasteiger partial charge in [0.05, 0.1) is 11.5 Å². The summed E-state index contributed by atoms with van der Waals surface area (Å²) in [4.78, 5) is 10.7. The van der Waals surface area contributed by atoms with E-state index in [4.69, 9.17) is 9.84 Å². The minimum absolute atomic E-state index is 0.0475. The Morgan fingerprint density at radius 2 is 1.85 bits per heavy atom. The normalized spacial score (nSPS) is 10.3. The lowest BCUT2D eigenvalue weighted by Crippen LogP contribution is -1.97. The minimum Gasteiger partial charge on any atom is -0.450 e. The average Bonchev–Trinajstić information content (AvgIpc) is 2.42. The van der Waals surface area contributed by atoms with Crippen molar-refractivity contribution in [1.82, 2.24) is 0 Å². The van der Waals surface area contributed by atoms with Crippen molar-refractivity contribution < 1.29 is 14.8 Å². The molecule has 0 atom stereocenters. The van der Waals surface area contributed by atoms with Crippen LogP contribution in [0.2, 0.25) is 0 Å². The third-order valence-electron chi connectivity index (χ3n) is 2.92. The van der Waals surface area contributed by atoms with Crippen molar-refractivity contribution in [2.45, 2.75) is 20.5 Å². The van der Waals surface area contributed by atoms with E-state index in [0.29, 0.717) is 11.3 Å². The second kappa shape index (κ2) is 5.71. The van der Waals surface area contributed by atoms with Crippen LogP contribution in [-0.4, -0.2) is 10.0 Å².